The molecule has 3 aliphatic rings. The van der Waals surface area contributed by atoms with Gasteiger partial charge in [-0.05, 0) is 31.6 Å². The lowest BCUT2D eigenvalue weighted by Crippen LogP contribution is -2.43. The van der Waals surface area contributed by atoms with Gasteiger partial charge in [-0.3, -0.25) is 9.58 Å². The number of aryl methyl sites for hydroxylation is 1. The van der Waals surface area contributed by atoms with Crippen molar-refractivity contribution in [1.82, 2.24) is 14.7 Å². The molecule has 0 radical (unpaired) electrons. The van der Waals surface area contributed by atoms with Crippen LogP contribution in [0.2, 0.25) is 0 Å². The number of rotatable bonds is 5. The van der Waals surface area contributed by atoms with Gasteiger partial charge in [0, 0.05) is 44.5 Å². The van der Waals surface area contributed by atoms with Crippen molar-refractivity contribution in [3.05, 3.63) is 18.0 Å². The zero-order valence-electron chi connectivity index (χ0n) is 12.8. The number of fused-ring (bicyclic) bond motifs is 2. The molecule has 0 N–H and O–H groups in total. The van der Waals surface area contributed by atoms with Gasteiger partial charge in [-0.25, -0.2) is 0 Å². The van der Waals surface area contributed by atoms with Gasteiger partial charge in [0.2, 0.25) is 0 Å². The smallest absolute Gasteiger partial charge is 0.0991 e. The normalized spacial score (nSPS) is 33.3. The molecule has 116 valence electrons. The van der Waals surface area contributed by atoms with Crippen molar-refractivity contribution in [2.45, 2.75) is 50.5 Å². The van der Waals surface area contributed by atoms with Crippen LogP contribution in [0.15, 0.2) is 12.4 Å². The fraction of sp³-hybridized carbons (Fsp3) is 0.812. The molecule has 1 aromatic heterocycles. The second-order valence-electron chi connectivity index (χ2n) is 6.79. The highest BCUT2D eigenvalue weighted by Crippen LogP contribution is 2.35. The van der Waals surface area contributed by atoms with Crippen LogP contribution >= 0.6 is 0 Å². The summed E-state index contributed by atoms with van der Waals surface area (Å²) in [6.07, 6.45) is 9.70. The van der Waals surface area contributed by atoms with E-state index >= 15 is 0 Å². The van der Waals surface area contributed by atoms with Gasteiger partial charge in [0.1, 0.15) is 0 Å². The Labute approximate surface area is 126 Å². The van der Waals surface area contributed by atoms with E-state index in [0.717, 1.165) is 38.6 Å². The lowest BCUT2D eigenvalue weighted by atomic mass is 10.1. The first kappa shape index (κ1) is 13.7. The van der Waals surface area contributed by atoms with E-state index in [2.05, 4.69) is 16.2 Å². The van der Waals surface area contributed by atoms with Crippen LogP contribution < -0.4 is 0 Å². The lowest BCUT2D eigenvalue weighted by Gasteiger charge is -2.30. The molecule has 0 amide bonds. The standard InChI is InChI=1S/C16H25N3O2/c1-18-9-13(8-17-18)10-19-6-7-20-15-5-4-14(19)16(15)21-11-12-2-3-12/h8-9,12,14-16H,2-7,10-11H2,1H3. The molecule has 0 aromatic carbocycles. The Kier molecular flexibility index (Phi) is 3.73. The van der Waals surface area contributed by atoms with Crippen molar-refractivity contribution in [1.29, 1.82) is 0 Å². The van der Waals surface area contributed by atoms with E-state index in [9.17, 15) is 0 Å². The maximum Gasteiger partial charge on any atom is 0.0991 e. The molecule has 5 nitrogen and oxygen atoms in total. The van der Waals surface area contributed by atoms with Crippen LogP contribution in [0.25, 0.3) is 0 Å². The van der Waals surface area contributed by atoms with Gasteiger partial charge in [0.05, 0.1) is 25.0 Å². The van der Waals surface area contributed by atoms with Crippen molar-refractivity contribution in [3.8, 4) is 0 Å². The van der Waals surface area contributed by atoms with Crippen molar-refractivity contribution < 1.29 is 9.47 Å². The summed E-state index contributed by atoms with van der Waals surface area (Å²) in [5.74, 6) is 0.819. The molecule has 1 aromatic rings. The molecular formula is C16H25N3O2. The number of ether oxygens (including phenoxy) is 2. The number of nitrogens with zero attached hydrogens (tertiary/aromatic N) is 3. The second-order valence-corrected chi connectivity index (χ2v) is 6.79. The van der Waals surface area contributed by atoms with Crippen LogP contribution in [0.4, 0.5) is 0 Å². The molecule has 2 aliphatic carbocycles. The van der Waals surface area contributed by atoms with Gasteiger partial charge in [0.25, 0.3) is 0 Å². The van der Waals surface area contributed by atoms with Gasteiger partial charge < -0.3 is 9.47 Å². The van der Waals surface area contributed by atoms with Crippen LogP contribution in [-0.4, -0.2) is 52.7 Å². The van der Waals surface area contributed by atoms with E-state index < -0.39 is 0 Å². The van der Waals surface area contributed by atoms with Gasteiger partial charge >= 0.3 is 0 Å². The van der Waals surface area contributed by atoms with Gasteiger partial charge in [-0.15, -0.1) is 0 Å². The Balaban J connectivity index is 1.44. The number of hydrogen-bond donors (Lipinski definition) is 0. The minimum absolute atomic E-state index is 0.268. The fourth-order valence-electron chi connectivity index (χ4n) is 3.70. The maximum absolute atomic E-state index is 6.26. The summed E-state index contributed by atoms with van der Waals surface area (Å²) in [4.78, 5) is 2.54. The SMILES string of the molecule is Cn1cc(CN2CCOC3CCC2C3OCC2CC2)cn1. The van der Waals surface area contributed by atoms with Gasteiger partial charge in [-0.1, -0.05) is 0 Å². The molecule has 1 saturated heterocycles. The zero-order valence-corrected chi connectivity index (χ0v) is 12.8. The molecule has 2 bridgehead atoms. The Morgan fingerprint density at radius 1 is 1.33 bits per heavy atom. The Bertz CT molecular complexity index is 486. The Hall–Kier alpha value is -0.910. The first-order valence-electron chi connectivity index (χ1n) is 8.24. The molecule has 3 fully saturated rings. The van der Waals surface area contributed by atoms with Crippen molar-refractivity contribution in [2.24, 2.45) is 13.0 Å². The van der Waals surface area contributed by atoms with Crippen LogP contribution in [0.1, 0.15) is 31.2 Å². The summed E-state index contributed by atoms with van der Waals surface area (Å²) in [6.45, 7) is 3.71. The third-order valence-corrected chi connectivity index (χ3v) is 5.04. The van der Waals surface area contributed by atoms with E-state index in [1.165, 1.54) is 24.8 Å². The highest BCUT2D eigenvalue weighted by atomic mass is 16.5. The number of aromatic nitrogens is 2. The fourth-order valence-corrected chi connectivity index (χ4v) is 3.70. The third-order valence-electron chi connectivity index (χ3n) is 5.04. The molecule has 1 aliphatic heterocycles. The highest BCUT2D eigenvalue weighted by molar-refractivity contribution is 5.06. The Morgan fingerprint density at radius 3 is 3.00 bits per heavy atom. The van der Waals surface area contributed by atoms with Crippen LogP contribution in [0.5, 0.6) is 0 Å². The molecule has 5 heteroatoms. The van der Waals surface area contributed by atoms with Crippen LogP contribution in [0, 0.1) is 5.92 Å². The summed E-state index contributed by atoms with van der Waals surface area (Å²) < 4.78 is 14.2. The van der Waals surface area contributed by atoms with Gasteiger partial charge in [0.15, 0.2) is 0 Å². The maximum atomic E-state index is 6.26. The summed E-state index contributed by atoms with van der Waals surface area (Å²) in [7, 11) is 1.97. The van der Waals surface area contributed by atoms with E-state index in [0.29, 0.717) is 12.1 Å². The monoisotopic (exact) mass is 291 g/mol. The highest BCUT2D eigenvalue weighted by Gasteiger charge is 2.43. The molecular weight excluding hydrogens is 266 g/mol. The molecule has 2 saturated carbocycles. The average Bonchev–Trinajstić information content (AvgIpc) is 3.10. The van der Waals surface area contributed by atoms with E-state index in [-0.39, 0.29) is 6.10 Å². The van der Waals surface area contributed by atoms with Crippen molar-refractivity contribution in [2.75, 3.05) is 19.8 Å². The topological polar surface area (TPSA) is 39.5 Å². The zero-order chi connectivity index (χ0) is 14.2. The molecule has 3 unspecified atom stereocenters. The predicted molar refractivity (Wildman–Crippen MR) is 78.8 cm³/mol. The van der Waals surface area contributed by atoms with E-state index in [4.69, 9.17) is 9.47 Å². The van der Waals surface area contributed by atoms with Crippen molar-refractivity contribution in [3.63, 3.8) is 0 Å². The summed E-state index contributed by atoms with van der Waals surface area (Å²) in [5, 5.41) is 4.28. The summed E-state index contributed by atoms with van der Waals surface area (Å²) in [5.41, 5.74) is 1.28. The van der Waals surface area contributed by atoms with Gasteiger partial charge in [-0.2, -0.15) is 5.10 Å². The largest absolute Gasteiger partial charge is 0.374 e. The summed E-state index contributed by atoms with van der Waals surface area (Å²) in [6, 6.07) is 0.511. The average molecular weight is 291 g/mol. The van der Waals surface area contributed by atoms with E-state index in [1.54, 1.807) is 0 Å². The number of hydrogen-bond acceptors (Lipinski definition) is 4. The molecule has 0 spiro atoms. The molecule has 21 heavy (non-hydrogen) atoms. The minimum Gasteiger partial charge on any atom is -0.374 e. The Morgan fingerprint density at radius 2 is 2.24 bits per heavy atom. The third kappa shape index (κ3) is 3.00. The molecule has 2 heterocycles. The molecule has 3 atom stereocenters. The lowest BCUT2D eigenvalue weighted by molar-refractivity contribution is -0.0572. The molecule has 4 rings (SSSR count). The van der Waals surface area contributed by atoms with E-state index in [1.807, 2.05) is 17.9 Å². The first-order chi connectivity index (χ1) is 10.3. The van der Waals surface area contributed by atoms with Crippen molar-refractivity contribution >= 4 is 0 Å². The summed E-state index contributed by atoms with van der Waals surface area (Å²) >= 11 is 0. The first-order valence-corrected chi connectivity index (χ1v) is 8.24. The van der Waals surface area contributed by atoms with Crippen LogP contribution in [-0.2, 0) is 23.1 Å². The second kappa shape index (κ2) is 5.71. The minimum atomic E-state index is 0.268. The predicted octanol–water partition coefficient (Wildman–Crippen LogP) is 1.58. The van der Waals surface area contributed by atoms with Crippen LogP contribution in [0.3, 0.4) is 0 Å². The quantitative estimate of drug-likeness (QED) is 0.826.